The second-order valence-electron chi connectivity index (χ2n) is 7.14. The van der Waals surface area contributed by atoms with E-state index in [0.29, 0.717) is 22.7 Å². The summed E-state index contributed by atoms with van der Waals surface area (Å²) in [5.41, 5.74) is 2.50. The summed E-state index contributed by atoms with van der Waals surface area (Å²) in [5, 5.41) is -0.179. The number of fused-ring (bicyclic) bond motifs is 1. The lowest BCUT2D eigenvalue weighted by molar-refractivity contribution is 0.153. The topological polar surface area (TPSA) is 59.9 Å². The van der Waals surface area contributed by atoms with Crippen molar-refractivity contribution >= 4 is 23.3 Å². The second kappa shape index (κ2) is 8.03. The average Bonchev–Trinajstić information content (AvgIpc) is 2.75. The van der Waals surface area contributed by atoms with Gasteiger partial charge >= 0.3 is 0 Å². The van der Waals surface area contributed by atoms with E-state index in [2.05, 4.69) is 9.97 Å². The van der Waals surface area contributed by atoms with Crippen molar-refractivity contribution in [2.75, 3.05) is 7.11 Å². The minimum Gasteiger partial charge on any atom is -0.497 e. The molecule has 2 aromatic heterocycles. The van der Waals surface area contributed by atoms with Crippen LogP contribution in [0.3, 0.4) is 0 Å². The van der Waals surface area contributed by atoms with E-state index in [9.17, 15) is 13.6 Å². The Hall–Kier alpha value is -3.39. The maximum absolute atomic E-state index is 14.0. The molecule has 2 heterocycles. The molecule has 0 aliphatic carbocycles. The first kappa shape index (κ1) is 20.9. The van der Waals surface area contributed by atoms with Crippen LogP contribution in [0.5, 0.6) is 5.75 Å². The van der Waals surface area contributed by atoms with Crippen molar-refractivity contribution in [1.82, 2.24) is 14.5 Å². The number of rotatable bonds is 4. The molecule has 158 valence electrons. The van der Waals surface area contributed by atoms with Crippen LogP contribution in [-0.4, -0.2) is 21.6 Å². The van der Waals surface area contributed by atoms with Crippen LogP contribution in [0.2, 0.25) is 0 Å². The summed E-state index contributed by atoms with van der Waals surface area (Å²) in [7, 11) is 1.54. The Morgan fingerprint density at radius 2 is 1.84 bits per heavy atom. The molecule has 0 unspecified atom stereocenters. The van der Waals surface area contributed by atoms with Crippen LogP contribution in [0.1, 0.15) is 23.1 Å². The molecule has 1 N–H and O–H groups in total. The summed E-state index contributed by atoms with van der Waals surface area (Å²) in [6.07, 6.45) is -2.87. The number of hydrogen-bond donors (Lipinski definition) is 1. The lowest BCUT2D eigenvalue weighted by atomic mass is 10.1. The van der Waals surface area contributed by atoms with Crippen LogP contribution in [0.25, 0.3) is 28.0 Å². The molecule has 0 aliphatic heterocycles. The number of methoxy groups -OCH3 is 1. The van der Waals surface area contributed by atoms with Crippen molar-refractivity contribution in [3.8, 4) is 22.7 Å². The summed E-state index contributed by atoms with van der Waals surface area (Å²) in [5.74, 6) is 0.633. The second-order valence-corrected chi connectivity index (χ2v) is 7.52. The molecular weight excluding hydrogens is 420 g/mol. The minimum absolute atomic E-state index is 0.0887. The fraction of sp³-hybridized carbons (Fsp3) is 0.174. The Labute approximate surface area is 182 Å². The molecule has 0 spiro atoms. The molecule has 0 bridgehead atoms. The van der Waals surface area contributed by atoms with Crippen LogP contribution in [0, 0.1) is 18.6 Å². The van der Waals surface area contributed by atoms with Gasteiger partial charge in [-0.25, -0.2) is 13.8 Å². The monoisotopic (exact) mass is 439 g/mol. The largest absolute Gasteiger partial charge is 0.497 e. The zero-order valence-electron chi connectivity index (χ0n) is 17.1. The third-order valence-electron chi connectivity index (χ3n) is 5.33. The van der Waals surface area contributed by atoms with E-state index in [1.807, 2.05) is 32.0 Å². The lowest BCUT2D eigenvalue weighted by Gasteiger charge is -2.17. The Balaban J connectivity index is 2.14. The zero-order valence-corrected chi connectivity index (χ0v) is 17.9. The molecule has 0 saturated carbocycles. The van der Waals surface area contributed by atoms with Crippen molar-refractivity contribution in [3.63, 3.8) is 0 Å². The van der Waals surface area contributed by atoms with Gasteiger partial charge in [0.15, 0.2) is 10.4 Å². The van der Waals surface area contributed by atoms with Gasteiger partial charge in [-0.1, -0.05) is 12.1 Å². The standard InChI is InChI=1S/C23H19F2N3O2S/c1-12-5-4-6-18(13(12)2)28-21-19(22(29)27-23(28)31)16(20(24)25)11-17(26-21)14-7-9-15(30-3)10-8-14/h4-11,20H,1-3H3,(H,27,29,31). The molecule has 31 heavy (non-hydrogen) atoms. The Morgan fingerprint density at radius 3 is 2.48 bits per heavy atom. The summed E-state index contributed by atoms with van der Waals surface area (Å²) in [6.45, 7) is 3.85. The van der Waals surface area contributed by atoms with Crippen LogP contribution < -0.4 is 10.3 Å². The average molecular weight is 439 g/mol. The first-order valence-corrected chi connectivity index (χ1v) is 9.91. The van der Waals surface area contributed by atoms with Crippen LogP contribution in [0.15, 0.2) is 53.3 Å². The molecule has 0 aliphatic rings. The van der Waals surface area contributed by atoms with Gasteiger partial charge in [-0.05, 0) is 73.6 Å². The molecule has 0 amide bonds. The predicted molar refractivity (Wildman–Crippen MR) is 119 cm³/mol. The first-order valence-electron chi connectivity index (χ1n) is 9.51. The first-order chi connectivity index (χ1) is 14.8. The lowest BCUT2D eigenvalue weighted by Crippen LogP contribution is -2.17. The number of nitrogens with zero attached hydrogens (tertiary/aromatic N) is 2. The van der Waals surface area contributed by atoms with Gasteiger partial charge in [-0.3, -0.25) is 14.3 Å². The van der Waals surface area contributed by atoms with Crippen LogP contribution in [0.4, 0.5) is 8.78 Å². The van der Waals surface area contributed by atoms with Gasteiger partial charge in [-0.15, -0.1) is 0 Å². The maximum Gasteiger partial charge on any atom is 0.264 e. The van der Waals surface area contributed by atoms with Gasteiger partial charge in [0.2, 0.25) is 0 Å². The highest BCUT2D eigenvalue weighted by atomic mass is 32.1. The van der Waals surface area contributed by atoms with Gasteiger partial charge in [0.05, 0.1) is 23.9 Å². The zero-order chi connectivity index (χ0) is 22.3. The van der Waals surface area contributed by atoms with E-state index in [4.69, 9.17) is 17.0 Å². The SMILES string of the molecule is COc1ccc(-c2cc(C(F)F)c3c(=O)[nH]c(=S)n(-c4cccc(C)c4C)c3n2)cc1. The number of ether oxygens (including phenoxy) is 1. The smallest absolute Gasteiger partial charge is 0.264 e. The molecule has 4 aromatic rings. The number of pyridine rings is 1. The highest BCUT2D eigenvalue weighted by Crippen LogP contribution is 2.31. The molecular formula is C23H19F2N3O2S. The molecule has 0 fully saturated rings. The van der Waals surface area contributed by atoms with E-state index < -0.39 is 17.5 Å². The third kappa shape index (κ3) is 3.63. The quantitative estimate of drug-likeness (QED) is 0.416. The Morgan fingerprint density at radius 1 is 1.13 bits per heavy atom. The molecule has 8 heteroatoms. The fourth-order valence-corrected chi connectivity index (χ4v) is 3.82. The number of alkyl halides is 2. The van der Waals surface area contributed by atoms with E-state index in [-0.39, 0.29) is 15.8 Å². The summed E-state index contributed by atoms with van der Waals surface area (Å²) >= 11 is 5.42. The highest BCUT2D eigenvalue weighted by Gasteiger charge is 2.21. The van der Waals surface area contributed by atoms with Crippen molar-refractivity contribution < 1.29 is 13.5 Å². The van der Waals surface area contributed by atoms with Gasteiger partial charge in [0.25, 0.3) is 12.0 Å². The Bertz CT molecular complexity index is 1410. The van der Waals surface area contributed by atoms with Gasteiger partial charge in [0, 0.05) is 11.1 Å². The molecule has 0 atom stereocenters. The maximum atomic E-state index is 14.0. The summed E-state index contributed by atoms with van der Waals surface area (Å²) in [6, 6.07) is 13.8. The number of aryl methyl sites for hydroxylation is 1. The number of H-pyrrole nitrogens is 1. The van der Waals surface area contributed by atoms with E-state index >= 15 is 0 Å². The number of benzene rings is 2. The molecule has 0 saturated heterocycles. The molecule has 5 nitrogen and oxygen atoms in total. The number of hydrogen-bond acceptors (Lipinski definition) is 4. The predicted octanol–water partition coefficient (Wildman–Crippen LogP) is 5.67. The van der Waals surface area contributed by atoms with Gasteiger partial charge in [-0.2, -0.15) is 0 Å². The van der Waals surface area contributed by atoms with Crippen LogP contribution >= 0.6 is 12.2 Å². The molecule has 2 aromatic carbocycles. The van der Waals surface area contributed by atoms with Crippen molar-refractivity contribution in [2.45, 2.75) is 20.3 Å². The van der Waals surface area contributed by atoms with E-state index in [0.717, 1.165) is 11.1 Å². The Kier molecular flexibility index (Phi) is 5.41. The van der Waals surface area contributed by atoms with Crippen LogP contribution in [-0.2, 0) is 0 Å². The summed E-state index contributed by atoms with van der Waals surface area (Å²) in [4.78, 5) is 19.8. The van der Waals surface area contributed by atoms with Gasteiger partial charge < -0.3 is 4.74 Å². The van der Waals surface area contributed by atoms with Crippen molar-refractivity contribution in [1.29, 1.82) is 0 Å². The number of aromatic nitrogens is 3. The van der Waals surface area contributed by atoms with Crippen molar-refractivity contribution in [2.24, 2.45) is 0 Å². The third-order valence-corrected chi connectivity index (χ3v) is 5.62. The summed E-state index contributed by atoms with van der Waals surface area (Å²) < 4.78 is 34.9. The van der Waals surface area contributed by atoms with E-state index in [1.165, 1.54) is 6.07 Å². The molecule has 4 rings (SSSR count). The minimum atomic E-state index is -2.87. The number of aromatic amines is 1. The normalized spacial score (nSPS) is 11.3. The number of halogens is 2. The number of nitrogens with one attached hydrogen (secondary N) is 1. The van der Waals surface area contributed by atoms with E-state index in [1.54, 1.807) is 35.9 Å². The van der Waals surface area contributed by atoms with Crippen molar-refractivity contribution in [3.05, 3.63) is 80.3 Å². The van der Waals surface area contributed by atoms with Gasteiger partial charge in [0.1, 0.15) is 5.75 Å². The fourth-order valence-electron chi connectivity index (χ4n) is 3.54. The molecule has 0 radical (unpaired) electrons. The highest BCUT2D eigenvalue weighted by molar-refractivity contribution is 7.71.